The van der Waals surface area contributed by atoms with E-state index in [0.29, 0.717) is 44.0 Å². The van der Waals surface area contributed by atoms with Crippen LogP contribution in [0.4, 0.5) is 11.5 Å². The van der Waals surface area contributed by atoms with Crippen LogP contribution in [0.25, 0.3) is 11.4 Å². The summed E-state index contributed by atoms with van der Waals surface area (Å²) in [6, 6.07) is 24.2. The van der Waals surface area contributed by atoms with Crippen molar-refractivity contribution >= 4 is 17.4 Å². The fourth-order valence-corrected chi connectivity index (χ4v) is 4.71. The van der Waals surface area contributed by atoms with Gasteiger partial charge in [0.25, 0.3) is 11.6 Å². The van der Waals surface area contributed by atoms with Gasteiger partial charge >= 0.3 is 0 Å². The summed E-state index contributed by atoms with van der Waals surface area (Å²) in [6.45, 7) is 6.47. The molecule has 0 radical (unpaired) electrons. The Kier molecular flexibility index (Phi) is 7.13. The summed E-state index contributed by atoms with van der Waals surface area (Å²) < 4.78 is 0. The van der Waals surface area contributed by atoms with Gasteiger partial charge in [-0.15, -0.1) is 0 Å². The number of piperazine rings is 1. The van der Waals surface area contributed by atoms with Gasteiger partial charge in [-0.1, -0.05) is 60.2 Å². The number of hydrogen-bond donors (Lipinski definition) is 0. The summed E-state index contributed by atoms with van der Waals surface area (Å²) >= 11 is 0. The molecule has 5 rings (SSSR count). The Morgan fingerprint density at radius 1 is 0.868 bits per heavy atom. The van der Waals surface area contributed by atoms with Gasteiger partial charge in [0.2, 0.25) is 0 Å². The predicted octanol–water partition coefficient (Wildman–Crippen LogP) is 5.22. The van der Waals surface area contributed by atoms with Gasteiger partial charge in [0.15, 0.2) is 5.82 Å². The summed E-state index contributed by atoms with van der Waals surface area (Å²) in [4.78, 5) is 37.7. The first kappa shape index (κ1) is 25.1. The molecule has 38 heavy (non-hydrogen) atoms. The Labute approximate surface area is 221 Å². The molecule has 0 atom stereocenters. The van der Waals surface area contributed by atoms with Crippen LogP contribution in [0.2, 0.25) is 0 Å². The molecule has 192 valence electrons. The van der Waals surface area contributed by atoms with Crippen LogP contribution < -0.4 is 4.90 Å². The minimum Gasteiger partial charge on any atom is -0.353 e. The van der Waals surface area contributed by atoms with Crippen LogP contribution in [-0.4, -0.2) is 51.9 Å². The van der Waals surface area contributed by atoms with Crippen LogP contribution in [0.15, 0.2) is 78.9 Å². The fourth-order valence-electron chi connectivity index (χ4n) is 4.71. The van der Waals surface area contributed by atoms with Crippen molar-refractivity contribution in [3.05, 3.63) is 117 Å². The molecule has 4 aromatic rings. The van der Waals surface area contributed by atoms with Crippen molar-refractivity contribution < 1.29 is 9.72 Å². The molecule has 0 bridgehead atoms. The Morgan fingerprint density at radius 3 is 2.16 bits per heavy atom. The molecule has 8 nitrogen and oxygen atoms in total. The van der Waals surface area contributed by atoms with Gasteiger partial charge in [0, 0.05) is 67.1 Å². The molecule has 0 aliphatic carbocycles. The molecule has 0 saturated carbocycles. The quantitative estimate of drug-likeness (QED) is 0.262. The third-order valence-corrected chi connectivity index (χ3v) is 6.92. The zero-order valence-electron chi connectivity index (χ0n) is 21.5. The van der Waals surface area contributed by atoms with Gasteiger partial charge in [-0.3, -0.25) is 14.9 Å². The van der Waals surface area contributed by atoms with Crippen molar-refractivity contribution in [2.45, 2.75) is 20.3 Å². The highest BCUT2D eigenvalue weighted by Crippen LogP contribution is 2.29. The number of non-ortho nitro benzene ring substituents is 1. The van der Waals surface area contributed by atoms with Gasteiger partial charge in [-0.2, -0.15) is 0 Å². The van der Waals surface area contributed by atoms with Crippen molar-refractivity contribution in [3.8, 4) is 11.4 Å². The van der Waals surface area contributed by atoms with Gasteiger partial charge in [-0.25, -0.2) is 9.97 Å². The first-order valence-corrected chi connectivity index (χ1v) is 12.7. The number of nitro benzene ring substituents is 1. The van der Waals surface area contributed by atoms with Crippen LogP contribution in [-0.2, 0) is 6.42 Å². The number of carbonyl (C=O) groups is 1. The van der Waals surface area contributed by atoms with Crippen LogP contribution in [0.1, 0.15) is 32.7 Å². The average Bonchev–Trinajstić information content (AvgIpc) is 2.95. The highest BCUT2D eigenvalue weighted by molar-refractivity contribution is 5.94. The van der Waals surface area contributed by atoms with Gasteiger partial charge in [0.1, 0.15) is 5.82 Å². The lowest BCUT2D eigenvalue weighted by molar-refractivity contribution is -0.384. The van der Waals surface area contributed by atoms with Crippen molar-refractivity contribution in [2.24, 2.45) is 0 Å². The number of nitro groups is 1. The molecule has 3 aromatic carbocycles. The molecule has 1 fully saturated rings. The van der Waals surface area contributed by atoms with E-state index in [1.165, 1.54) is 12.1 Å². The maximum absolute atomic E-state index is 13.1. The van der Waals surface area contributed by atoms with E-state index in [1.807, 2.05) is 73.3 Å². The number of rotatable bonds is 6. The first-order chi connectivity index (χ1) is 18.4. The number of anilines is 1. The standard InChI is InChI=1S/C30H29N5O3/c1-21-8-12-25(13-9-21)30(36)34-18-16-33(17-19-34)29-27(20-23-10-14-26(15-11-23)35(37)38)22(2)31-28(32-29)24-6-4-3-5-7-24/h3-15H,16-20H2,1-2H3. The predicted molar refractivity (Wildman–Crippen MR) is 147 cm³/mol. The molecule has 1 aromatic heterocycles. The molecule has 2 heterocycles. The number of aromatic nitrogens is 2. The monoisotopic (exact) mass is 507 g/mol. The minimum absolute atomic E-state index is 0.0413. The molecule has 8 heteroatoms. The third-order valence-electron chi connectivity index (χ3n) is 6.92. The summed E-state index contributed by atoms with van der Waals surface area (Å²) in [7, 11) is 0. The lowest BCUT2D eigenvalue weighted by atomic mass is 10.0. The number of amides is 1. The van der Waals surface area contributed by atoms with Crippen LogP contribution in [0, 0.1) is 24.0 Å². The summed E-state index contributed by atoms with van der Waals surface area (Å²) in [5.74, 6) is 1.54. The van der Waals surface area contributed by atoms with Crippen molar-refractivity contribution in [1.82, 2.24) is 14.9 Å². The van der Waals surface area contributed by atoms with E-state index >= 15 is 0 Å². The average molecular weight is 508 g/mol. The highest BCUT2D eigenvalue weighted by atomic mass is 16.6. The number of hydrogen-bond acceptors (Lipinski definition) is 6. The van der Waals surface area contributed by atoms with Crippen molar-refractivity contribution in [3.63, 3.8) is 0 Å². The van der Waals surface area contributed by atoms with E-state index in [-0.39, 0.29) is 11.6 Å². The van der Waals surface area contributed by atoms with Gasteiger partial charge < -0.3 is 9.80 Å². The molecular formula is C30H29N5O3. The van der Waals surface area contributed by atoms with Crippen LogP contribution in [0.5, 0.6) is 0 Å². The SMILES string of the molecule is Cc1ccc(C(=O)N2CCN(c3nc(-c4ccccc4)nc(C)c3Cc3ccc([N+](=O)[O-])cc3)CC2)cc1. The van der Waals surface area contributed by atoms with Crippen molar-refractivity contribution in [2.75, 3.05) is 31.1 Å². The largest absolute Gasteiger partial charge is 0.353 e. The number of benzene rings is 3. The smallest absolute Gasteiger partial charge is 0.269 e. The Morgan fingerprint density at radius 2 is 1.53 bits per heavy atom. The number of aryl methyl sites for hydroxylation is 2. The Hall–Kier alpha value is -4.59. The maximum Gasteiger partial charge on any atom is 0.269 e. The van der Waals surface area contributed by atoms with E-state index in [9.17, 15) is 14.9 Å². The molecular weight excluding hydrogens is 478 g/mol. The first-order valence-electron chi connectivity index (χ1n) is 12.7. The molecule has 1 aliphatic heterocycles. The topological polar surface area (TPSA) is 92.5 Å². The number of carbonyl (C=O) groups excluding carboxylic acids is 1. The molecule has 1 aliphatic rings. The molecule has 0 unspecified atom stereocenters. The van der Waals surface area contributed by atoms with Crippen LogP contribution >= 0.6 is 0 Å². The summed E-state index contributed by atoms with van der Waals surface area (Å²) in [6.07, 6.45) is 0.552. The highest BCUT2D eigenvalue weighted by Gasteiger charge is 2.26. The van der Waals surface area contributed by atoms with E-state index in [0.717, 1.165) is 33.8 Å². The normalized spacial score (nSPS) is 13.4. The van der Waals surface area contributed by atoms with E-state index in [2.05, 4.69) is 4.90 Å². The molecule has 0 spiro atoms. The van der Waals surface area contributed by atoms with Gasteiger partial charge in [-0.05, 0) is 31.5 Å². The minimum atomic E-state index is -0.393. The zero-order valence-corrected chi connectivity index (χ0v) is 21.5. The van der Waals surface area contributed by atoms with E-state index in [4.69, 9.17) is 9.97 Å². The van der Waals surface area contributed by atoms with Crippen LogP contribution in [0.3, 0.4) is 0 Å². The zero-order chi connectivity index (χ0) is 26.6. The van der Waals surface area contributed by atoms with Crippen molar-refractivity contribution in [1.29, 1.82) is 0 Å². The number of nitrogens with zero attached hydrogens (tertiary/aromatic N) is 5. The lowest BCUT2D eigenvalue weighted by Crippen LogP contribution is -2.49. The molecule has 1 saturated heterocycles. The summed E-state index contributed by atoms with van der Waals surface area (Å²) in [5, 5.41) is 11.1. The summed E-state index contributed by atoms with van der Waals surface area (Å²) in [5.41, 5.74) is 5.63. The van der Waals surface area contributed by atoms with Gasteiger partial charge in [0.05, 0.1) is 4.92 Å². The van der Waals surface area contributed by atoms with E-state index in [1.54, 1.807) is 12.1 Å². The Bertz CT molecular complexity index is 1450. The molecule has 0 N–H and O–H groups in total. The second-order valence-electron chi connectivity index (χ2n) is 9.55. The lowest BCUT2D eigenvalue weighted by Gasteiger charge is -2.36. The fraction of sp³-hybridized carbons (Fsp3) is 0.233. The maximum atomic E-state index is 13.1. The Balaban J connectivity index is 1.43. The van der Waals surface area contributed by atoms with E-state index < -0.39 is 4.92 Å². The second kappa shape index (κ2) is 10.8. The second-order valence-corrected chi connectivity index (χ2v) is 9.55. The third kappa shape index (κ3) is 5.39. The molecule has 1 amide bonds.